The summed E-state index contributed by atoms with van der Waals surface area (Å²) in [6.45, 7) is 3.97. The SMILES string of the molecule is CC(C)Oc1cncc(OC2CC2)c1Br. The van der Waals surface area contributed by atoms with Crippen LogP contribution >= 0.6 is 15.9 Å². The normalized spacial score (nSPS) is 15.5. The topological polar surface area (TPSA) is 31.4 Å². The van der Waals surface area contributed by atoms with Crippen molar-refractivity contribution >= 4 is 15.9 Å². The minimum Gasteiger partial charge on any atom is -0.488 e. The monoisotopic (exact) mass is 271 g/mol. The molecule has 1 aliphatic carbocycles. The second-order valence-electron chi connectivity index (χ2n) is 3.93. The van der Waals surface area contributed by atoms with Gasteiger partial charge in [0.25, 0.3) is 0 Å². The second kappa shape index (κ2) is 4.39. The van der Waals surface area contributed by atoms with E-state index >= 15 is 0 Å². The quantitative estimate of drug-likeness (QED) is 0.843. The zero-order chi connectivity index (χ0) is 10.8. The molecule has 15 heavy (non-hydrogen) atoms. The van der Waals surface area contributed by atoms with Gasteiger partial charge in [0.05, 0.1) is 24.6 Å². The molecule has 2 rings (SSSR count). The van der Waals surface area contributed by atoms with Crippen LogP contribution in [0.3, 0.4) is 0 Å². The molecule has 1 aromatic rings. The number of aromatic nitrogens is 1. The second-order valence-corrected chi connectivity index (χ2v) is 4.73. The number of halogens is 1. The summed E-state index contributed by atoms with van der Waals surface area (Å²) < 4.78 is 12.1. The molecular formula is C11H14BrNO2. The van der Waals surface area contributed by atoms with E-state index in [4.69, 9.17) is 9.47 Å². The first-order valence-electron chi connectivity index (χ1n) is 5.13. The van der Waals surface area contributed by atoms with E-state index in [0.717, 1.165) is 28.8 Å². The van der Waals surface area contributed by atoms with Crippen molar-refractivity contribution in [3.05, 3.63) is 16.9 Å². The third-order valence-corrected chi connectivity index (χ3v) is 2.78. The van der Waals surface area contributed by atoms with Gasteiger partial charge in [-0.05, 0) is 42.6 Å². The smallest absolute Gasteiger partial charge is 0.155 e. The number of rotatable bonds is 4. The number of hydrogen-bond acceptors (Lipinski definition) is 3. The average Bonchev–Trinajstić information content (AvgIpc) is 2.95. The number of ether oxygens (including phenoxy) is 2. The fourth-order valence-electron chi connectivity index (χ4n) is 1.19. The van der Waals surface area contributed by atoms with Crippen molar-refractivity contribution in [3.63, 3.8) is 0 Å². The van der Waals surface area contributed by atoms with Crippen LogP contribution in [0.25, 0.3) is 0 Å². The van der Waals surface area contributed by atoms with E-state index in [2.05, 4.69) is 20.9 Å². The van der Waals surface area contributed by atoms with Crippen molar-refractivity contribution in [3.8, 4) is 11.5 Å². The van der Waals surface area contributed by atoms with Crippen molar-refractivity contribution in [2.45, 2.75) is 38.9 Å². The standard InChI is InChI=1S/C11H14BrNO2/c1-7(2)14-9-5-13-6-10(11(9)12)15-8-3-4-8/h5-8H,3-4H2,1-2H3. The molecule has 0 spiro atoms. The Labute approximate surface area is 97.9 Å². The van der Waals surface area contributed by atoms with Gasteiger partial charge in [-0.2, -0.15) is 0 Å². The van der Waals surface area contributed by atoms with E-state index in [9.17, 15) is 0 Å². The molecule has 0 N–H and O–H groups in total. The summed E-state index contributed by atoms with van der Waals surface area (Å²) in [5, 5.41) is 0. The van der Waals surface area contributed by atoms with Crippen molar-refractivity contribution in [1.29, 1.82) is 0 Å². The van der Waals surface area contributed by atoms with Crippen LogP contribution in [0, 0.1) is 0 Å². The van der Waals surface area contributed by atoms with Gasteiger partial charge in [0.2, 0.25) is 0 Å². The van der Waals surface area contributed by atoms with Crippen molar-refractivity contribution < 1.29 is 9.47 Å². The summed E-state index contributed by atoms with van der Waals surface area (Å²) in [7, 11) is 0. The Kier molecular flexibility index (Phi) is 3.14. The fraction of sp³-hybridized carbons (Fsp3) is 0.545. The molecule has 0 saturated heterocycles. The maximum Gasteiger partial charge on any atom is 0.155 e. The average molecular weight is 272 g/mol. The summed E-state index contributed by atoms with van der Waals surface area (Å²) in [6, 6.07) is 0. The third-order valence-electron chi connectivity index (χ3n) is 2.00. The maximum atomic E-state index is 5.69. The summed E-state index contributed by atoms with van der Waals surface area (Å²) >= 11 is 3.48. The molecule has 0 aromatic carbocycles. The van der Waals surface area contributed by atoms with Crippen molar-refractivity contribution in [2.24, 2.45) is 0 Å². The van der Waals surface area contributed by atoms with Crippen molar-refractivity contribution in [2.75, 3.05) is 0 Å². The molecule has 1 heterocycles. The third kappa shape index (κ3) is 2.84. The van der Waals surface area contributed by atoms with Crippen LogP contribution in [0.5, 0.6) is 11.5 Å². The Bertz CT molecular complexity index is 328. The van der Waals surface area contributed by atoms with Gasteiger partial charge in [0.1, 0.15) is 4.47 Å². The van der Waals surface area contributed by atoms with Crippen LogP contribution < -0.4 is 9.47 Å². The molecule has 0 atom stereocenters. The Hall–Kier alpha value is -0.770. The molecule has 3 nitrogen and oxygen atoms in total. The summed E-state index contributed by atoms with van der Waals surface area (Å²) in [6.07, 6.45) is 6.21. The highest BCUT2D eigenvalue weighted by atomic mass is 79.9. The Balaban J connectivity index is 2.15. The summed E-state index contributed by atoms with van der Waals surface area (Å²) in [5.41, 5.74) is 0. The lowest BCUT2D eigenvalue weighted by Crippen LogP contribution is -2.07. The molecule has 0 radical (unpaired) electrons. The molecule has 0 bridgehead atoms. The summed E-state index contributed by atoms with van der Waals surface area (Å²) in [5.74, 6) is 1.51. The van der Waals surface area contributed by atoms with E-state index in [1.165, 1.54) is 0 Å². The minimum atomic E-state index is 0.138. The minimum absolute atomic E-state index is 0.138. The van der Waals surface area contributed by atoms with Crippen molar-refractivity contribution in [1.82, 2.24) is 4.98 Å². The van der Waals surface area contributed by atoms with E-state index < -0.39 is 0 Å². The Morgan fingerprint density at radius 3 is 2.60 bits per heavy atom. The van der Waals surface area contributed by atoms with Crippen LogP contribution in [0.15, 0.2) is 16.9 Å². The maximum absolute atomic E-state index is 5.69. The molecule has 0 aliphatic heterocycles. The van der Waals surface area contributed by atoms with Gasteiger partial charge in [-0.25, -0.2) is 0 Å². The largest absolute Gasteiger partial charge is 0.488 e. The van der Waals surface area contributed by atoms with Gasteiger partial charge in [-0.3, -0.25) is 4.98 Å². The molecule has 0 amide bonds. The highest BCUT2D eigenvalue weighted by Crippen LogP contribution is 2.37. The van der Waals surface area contributed by atoms with Crippen LogP contribution in [-0.4, -0.2) is 17.2 Å². The zero-order valence-corrected chi connectivity index (χ0v) is 10.5. The first kappa shape index (κ1) is 10.7. The molecular weight excluding hydrogens is 258 g/mol. The molecule has 1 fully saturated rings. The highest BCUT2D eigenvalue weighted by Gasteiger charge is 2.25. The lowest BCUT2D eigenvalue weighted by molar-refractivity contribution is 0.235. The number of nitrogens with zero attached hydrogens (tertiary/aromatic N) is 1. The van der Waals surface area contributed by atoms with E-state index in [-0.39, 0.29) is 6.10 Å². The van der Waals surface area contributed by atoms with Gasteiger partial charge in [-0.15, -0.1) is 0 Å². The zero-order valence-electron chi connectivity index (χ0n) is 8.87. The molecule has 4 heteroatoms. The Morgan fingerprint density at radius 1 is 1.33 bits per heavy atom. The molecule has 82 valence electrons. The van der Waals surface area contributed by atoms with Crippen LogP contribution in [0.4, 0.5) is 0 Å². The van der Waals surface area contributed by atoms with E-state index in [1.54, 1.807) is 12.4 Å². The van der Waals surface area contributed by atoms with Gasteiger partial charge in [0, 0.05) is 0 Å². The van der Waals surface area contributed by atoms with E-state index in [1.807, 2.05) is 13.8 Å². The predicted molar refractivity (Wildman–Crippen MR) is 61.4 cm³/mol. The molecule has 0 unspecified atom stereocenters. The molecule has 1 saturated carbocycles. The molecule has 1 aliphatic rings. The molecule has 1 aromatic heterocycles. The van der Waals surface area contributed by atoms with Crippen LogP contribution in [-0.2, 0) is 0 Å². The van der Waals surface area contributed by atoms with Gasteiger partial charge in [-0.1, -0.05) is 0 Å². The van der Waals surface area contributed by atoms with Crippen LogP contribution in [0.2, 0.25) is 0 Å². The van der Waals surface area contributed by atoms with Gasteiger partial charge >= 0.3 is 0 Å². The predicted octanol–water partition coefficient (Wildman–Crippen LogP) is 3.17. The first-order chi connectivity index (χ1) is 7.16. The van der Waals surface area contributed by atoms with Gasteiger partial charge < -0.3 is 9.47 Å². The lowest BCUT2D eigenvalue weighted by Gasteiger charge is -2.13. The van der Waals surface area contributed by atoms with Gasteiger partial charge in [0.15, 0.2) is 11.5 Å². The first-order valence-corrected chi connectivity index (χ1v) is 5.93. The van der Waals surface area contributed by atoms with Crippen LogP contribution in [0.1, 0.15) is 26.7 Å². The number of pyridine rings is 1. The Morgan fingerprint density at radius 2 is 2.00 bits per heavy atom. The number of hydrogen-bond donors (Lipinski definition) is 0. The highest BCUT2D eigenvalue weighted by molar-refractivity contribution is 9.10. The van der Waals surface area contributed by atoms with E-state index in [0.29, 0.717) is 6.10 Å². The lowest BCUT2D eigenvalue weighted by atomic mass is 10.4. The fourth-order valence-corrected chi connectivity index (χ4v) is 1.58. The summed E-state index contributed by atoms with van der Waals surface area (Å²) in [4.78, 5) is 4.10.